The highest BCUT2D eigenvalue weighted by atomic mass is 16.7. The molecule has 0 atom stereocenters. The summed E-state index contributed by atoms with van der Waals surface area (Å²) in [5, 5.41) is 0. The highest BCUT2D eigenvalue weighted by Crippen LogP contribution is 2.27. The van der Waals surface area contributed by atoms with Crippen molar-refractivity contribution in [2.75, 3.05) is 0 Å². The second-order valence-corrected chi connectivity index (χ2v) is 6.08. The zero-order valence-electron chi connectivity index (χ0n) is 14.0. The molecule has 6 heteroatoms. The molecule has 0 spiro atoms. The molecule has 0 saturated carbocycles. The van der Waals surface area contributed by atoms with Gasteiger partial charge in [-0.3, -0.25) is 4.79 Å². The molecule has 0 N–H and O–H groups in total. The standard InChI is InChI=1S/C19H16O6/c1-11(20)12-5-4-6-13(9-12)16-8-7-14(23-16)10-15-17(21)24-19(2,3)25-18(15)22/h4-10H,1-3H3. The number of hydrogen-bond donors (Lipinski definition) is 0. The number of benzene rings is 1. The number of ketones is 1. The first-order valence-corrected chi connectivity index (χ1v) is 7.65. The van der Waals surface area contributed by atoms with Crippen molar-refractivity contribution in [1.82, 2.24) is 0 Å². The molecule has 0 amide bonds. The second-order valence-electron chi connectivity index (χ2n) is 6.08. The largest absolute Gasteiger partial charge is 0.457 e. The molecule has 3 rings (SSSR count). The molecule has 1 aliphatic rings. The first-order valence-electron chi connectivity index (χ1n) is 7.65. The minimum atomic E-state index is -1.28. The lowest BCUT2D eigenvalue weighted by molar-refractivity contribution is -0.222. The molecule has 1 aliphatic heterocycles. The van der Waals surface area contributed by atoms with Crippen LogP contribution in [0.25, 0.3) is 17.4 Å². The monoisotopic (exact) mass is 340 g/mol. The van der Waals surface area contributed by atoms with Crippen LogP contribution in [0.1, 0.15) is 36.9 Å². The van der Waals surface area contributed by atoms with Gasteiger partial charge in [-0.05, 0) is 25.1 Å². The molecule has 0 bridgehead atoms. The number of carbonyl (C=O) groups is 3. The smallest absolute Gasteiger partial charge is 0.348 e. The maximum atomic E-state index is 12.0. The number of carbonyl (C=O) groups excluding carboxylic acids is 3. The van der Waals surface area contributed by atoms with E-state index >= 15 is 0 Å². The fourth-order valence-electron chi connectivity index (χ4n) is 2.40. The van der Waals surface area contributed by atoms with Crippen LogP contribution in [-0.2, 0) is 19.1 Å². The molecule has 0 aliphatic carbocycles. The van der Waals surface area contributed by atoms with Crippen molar-refractivity contribution in [1.29, 1.82) is 0 Å². The summed E-state index contributed by atoms with van der Waals surface area (Å²) in [6, 6.07) is 10.3. The first-order chi connectivity index (χ1) is 11.7. The van der Waals surface area contributed by atoms with Crippen LogP contribution in [0.5, 0.6) is 0 Å². The molecule has 0 unspecified atom stereocenters. The van der Waals surface area contributed by atoms with E-state index in [1.165, 1.54) is 26.8 Å². The summed E-state index contributed by atoms with van der Waals surface area (Å²) in [6.45, 7) is 4.44. The Bertz CT molecular complexity index is 878. The predicted octanol–water partition coefficient (Wildman–Crippen LogP) is 3.37. The number of furan rings is 1. The summed E-state index contributed by atoms with van der Waals surface area (Å²) in [7, 11) is 0. The topological polar surface area (TPSA) is 82.8 Å². The molecule has 0 radical (unpaired) electrons. The van der Waals surface area contributed by atoms with E-state index in [2.05, 4.69) is 0 Å². The summed E-state index contributed by atoms with van der Waals surface area (Å²) in [5.41, 5.74) is 1.04. The quantitative estimate of drug-likeness (QED) is 0.369. The van der Waals surface area contributed by atoms with E-state index in [0.717, 1.165) is 0 Å². The number of cyclic esters (lactones) is 2. The zero-order valence-corrected chi connectivity index (χ0v) is 14.0. The number of ether oxygens (including phenoxy) is 2. The van der Waals surface area contributed by atoms with Crippen molar-refractivity contribution in [3.8, 4) is 11.3 Å². The van der Waals surface area contributed by atoms with Gasteiger partial charge < -0.3 is 13.9 Å². The van der Waals surface area contributed by atoms with Gasteiger partial charge in [-0.15, -0.1) is 0 Å². The Hall–Kier alpha value is -3.15. The number of esters is 2. The molecule has 1 aromatic carbocycles. The Morgan fingerprint density at radius 3 is 2.36 bits per heavy atom. The Morgan fingerprint density at radius 2 is 1.72 bits per heavy atom. The normalized spacial score (nSPS) is 16.2. The van der Waals surface area contributed by atoms with Crippen molar-refractivity contribution in [2.24, 2.45) is 0 Å². The van der Waals surface area contributed by atoms with E-state index in [9.17, 15) is 14.4 Å². The molecular weight excluding hydrogens is 324 g/mol. The van der Waals surface area contributed by atoms with Crippen molar-refractivity contribution >= 4 is 23.8 Å². The third kappa shape index (κ3) is 3.52. The summed E-state index contributed by atoms with van der Waals surface area (Å²) in [4.78, 5) is 35.4. The molecule has 2 aromatic rings. The van der Waals surface area contributed by atoms with Gasteiger partial charge >= 0.3 is 11.9 Å². The van der Waals surface area contributed by atoms with Gasteiger partial charge in [0.1, 0.15) is 17.1 Å². The maximum Gasteiger partial charge on any atom is 0.348 e. The third-order valence-corrected chi connectivity index (χ3v) is 3.58. The van der Waals surface area contributed by atoms with E-state index in [4.69, 9.17) is 13.9 Å². The molecule has 1 fully saturated rings. The first kappa shape index (κ1) is 16.7. The molecule has 6 nitrogen and oxygen atoms in total. The number of hydrogen-bond acceptors (Lipinski definition) is 6. The van der Waals surface area contributed by atoms with Crippen LogP contribution in [0.15, 0.2) is 46.4 Å². The van der Waals surface area contributed by atoms with E-state index < -0.39 is 17.7 Å². The average molecular weight is 340 g/mol. The van der Waals surface area contributed by atoms with Crippen molar-refractivity contribution in [3.63, 3.8) is 0 Å². The van der Waals surface area contributed by atoms with Gasteiger partial charge in [-0.1, -0.05) is 18.2 Å². The second kappa shape index (κ2) is 6.05. The Kier molecular flexibility index (Phi) is 4.04. The molecular formula is C19H16O6. The highest BCUT2D eigenvalue weighted by Gasteiger charge is 2.39. The molecule has 2 heterocycles. The Morgan fingerprint density at radius 1 is 1.04 bits per heavy atom. The van der Waals surface area contributed by atoms with Gasteiger partial charge in [0.2, 0.25) is 0 Å². The van der Waals surface area contributed by atoms with Gasteiger partial charge in [0.05, 0.1) is 0 Å². The van der Waals surface area contributed by atoms with E-state index in [0.29, 0.717) is 22.6 Å². The molecule has 128 valence electrons. The van der Waals surface area contributed by atoms with Gasteiger partial charge in [-0.2, -0.15) is 0 Å². The molecule has 25 heavy (non-hydrogen) atoms. The maximum absolute atomic E-state index is 12.0. The van der Waals surface area contributed by atoms with Crippen molar-refractivity contribution < 1.29 is 28.3 Å². The van der Waals surface area contributed by atoms with Crippen LogP contribution in [0.2, 0.25) is 0 Å². The van der Waals surface area contributed by atoms with Gasteiger partial charge in [-0.25, -0.2) is 9.59 Å². The summed E-state index contributed by atoms with van der Waals surface area (Å²) < 4.78 is 15.7. The van der Waals surface area contributed by atoms with E-state index in [1.807, 2.05) is 0 Å². The summed E-state index contributed by atoms with van der Waals surface area (Å²) in [5.74, 6) is -2.06. The van der Waals surface area contributed by atoms with E-state index in [1.54, 1.807) is 36.4 Å². The van der Waals surface area contributed by atoms with Crippen LogP contribution < -0.4 is 0 Å². The molecule has 1 aromatic heterocycles. The lowest BCUT2D eigenvalue weighted by Crippen LogP contribution is -2.41. The number of rotatable bonds is 3. The fraction of sp³-hybridized carbons (Fsp3) is 0.211. The minimum Gasteiger partial charge on any atom is -0.457 e. The molecule has 1 saturated heterocycles. The van der Waals surface area contributed by atoms with Crippen molar-refractivity contribution in [2.45, 2.75) is 26.6 Å². The Balaban J connectivity index is 1.89. The summed E-state index contributed by atoms with van der Waals surface area (Å²) >= 11 is 0. The van der Waals surface area contributed by atoms with Crippen LogP contribution in [0.4, 0.5) is 0 Å². The number of Topliss-reactive ketones (excluding diaryl/α,β-unsaturated/α-hetero) is 1. The summed E-state index contributed by atoms with van der Waals surface area (Å²) in [6.07, 6.45) is 1.28. The lowest BCUT2D eigenvalue weighted by Gasteiger charge is -2.29. The lowest BCUT2D eigenvalue weighted by atomic mass is 10.1. The van der Waals surface area contributed by atoms with Crippen molar-refractivity contribution in [3.05, 3.63) is 53.3 Å². The predicted molar refractivity (Wildman–Crippen MR) is 88.4 cm³/mol. The fourth-order valence-corrected chi connectivity index (χ4v) is 2.40. The van der Waals surface area contributed by atoms with Gasteiger partial charge in [0.15, 0.2) is 5.78 Å². The van der Waals surface area contributed by atoms with E-state index in [-0.39, 0.29) is 11.4 Å². The van der Waals surface area contributed by atoms with Gasteiger partial charge in [0.25, 0.3) is 5.79 Å². The van der Waals surface area contributed by atoms with Crippen LogP contribution in [0.3, 0.4) is 0 Å². The SMILES string of the molecule is CC(=O)c1cccc(-c2ccc(C=C3C(=O)OC(C)(C)OC3=O)o2)c1. The Labute approximate surface area is 144 Å². The third-order valence-electron chi connectivity index (χ3n) is 3.58. The van der Waals surface area contributed by atoms with Crippen LogP contribution >= 0.6 is 0 Å². The average Bonchev–Trinajstić information content (AvgIpc) is 2.99. The van der Waals surface area contributed by atoms with Gasteiger partial charge in [0, 0.05) is 31.1 Å². The van der Waals surface area contributed by atoms with Crippen LogP contribution in [0, 0.1) is 0 Å². The van der Waals surface area contributed by atoms with Crippen LogP contribution in [-0.4, -0.2) is 23.5 Å². The highest BCUT2D eigenvalue weighted by molar-refractivity contribution is 6.18. The zero-order chi connectivity index (χ0) is 18.2. The minimum absolute atomic E-state index is 0.0499.